The van der Waals surface area contributed by atoms with Crippen LogP contribution >= 0.6 is 15.9 Å². The normalized spacial score (nSPS) is 11.2. The number of nitro groups is 1. The van der Waals surface area contributed by atoms with E-state index in [1.54, 1.807) is 23.1 Å². The number of rotatable bonds is 7. The molecule has 7 nitrogen and oxygen atoms in total. The molecule has 0 saturated carbocycles. The lowest BCUT2D eigenvalue weighted by Crippen LogP contribution is -2.34. The van der Waals surface area contributed by atoms with E-state index >= 15 is 0 Å². The van der Waals surface area contributed by atoms with Gasteiger partial charge in [0.05, 0.1) is 18.0 Å². The molecule has 24 heavy (non-hydrogen) atoms. The highest BCUT2D eigenvalue weighted by molar-refractivity contribution is 9.10. The van der Waals surface area contributed by atoms with E-state index in [9.17, 15) is 14.9 Å². The molecule has 0 unspecified atom stereocenters. The lowest BCUT2D eigenvalue weighted by Gasteiger charge is -2.23. The summed E-state index contributed by atoms with van der Waals surface area (Å²) in [5.41, 5.74) is 0.686. The summed E-state index contributed by atoms with van der Waals surface area (Å²) in [7, 11) is 0. The first-order chi connectivity index (χ1) is 11.3. The number of nitro benzene ring substituents is 1. The number of benzene rings is 1. The Morgan fingerprint density at radius 1 is 1.38 bits per heavy atom. The van der Waals surface area contributed by atoms with Crippen molar-refractivity contribution in [3.63, 3.8) is 0 Å². The number of carbonyl (C=O) groups is 1. The van der Waals surface area contributed by atoms with Gasteiger partial charge in [-0.05, 0) is 48.0 Å². The second-order valence-electron chi connectivity index (χ2n) is 5.58. The van der Waals surface area contributed by atoms with Gasteiger partial charge in [0.1, 0.15) is 11.5 Å². The average Bonchev–Trinajstić information content (AvgIpc) is 2.94. The van der Waals surface area contributed by atoms with Gasteiger partial charge in [0.2, 0.25) is 0 Å². The molecular formula is C16H17BrN2O5. The minimum absolute atomic E-state index is 0.00940. The van der Waals surface area contributed by atoms with Gasteiger partial charge in [-0.1, -0.05) is 0 Å². The number of non-ortho nitro benzene ring substituents is 1. The fraction of sp³-hybridized carbons (Fsp3) is 0.312. The molecule has 0 fully saturated rings. The highest BCUT2D eigenvalue weighted by Gasteiger charge is 2.17. The van der Waals surface area contributed by atoms with Crippen LogP contribution in [0.15, 0.2) is 39.2 Å². The molecule has 0 amide bonds. The minimum atomic E-state index is -0.895. The lowest BCUT2D eigenvalue weighted by molar-refractivity contribution is -0.384. The topological polar surface area (TPSA) is 96.8 Å². The molecule has 0 aliphatic rings. The summed E-state index contributed by atoms with van der Waals surface area (Å²) in [6.45, 7) is 4.13. The predicted molar refractivity (Wildman–Crippen MR) is 91.7 cm³/mol. The lowest BCUT2D eigenvalue weighted by atomic mass is 10.1. The maximum atomic E-state index is 10.9. The Balaban J connectivity index is 2.21. The van der Waals surface area contributed by atoms with Gasteiger partial charge in [-0.25, -0.2) is 0 Å². The van der Waals surface area contributed by atoms with Crippen LogP contribution in [0, 0.1) is 10.1 Å². The van der Waals surface area contributed by atoms with Crippen LogP contribution in [0.1, 0.15) is 19.6 Å². The minimum Gasteiger partial charge on any atom is -0.480 e. The molecule has 0 spiro atoms. The molecule has 2 aromatic rings. The quantitative estimate of drug-likeness (QED) is 0.562. The Labute approximate surface area is 147 Å². The Hall–Kier alpha value is -2.19. The van der Waals surface area contributed by atoms with Gasteiger partial charge in [0, 0.05) is 28.2 Å². The third-order valence-electron chi connectivity index (χ3n) is 3.52. The van der Waals surface area contributed by atoms with Gasteiger partial charge in [-0.3, -0.25) is 19.8 Å². The molecule has 0 bridgehead atoms. The standard InChI is InChI=1S/C16H17BrN2O5/c1-10(2)18(9-16(20)21)8-12-4-6-15(24-12)13-5-3-11(19(22)23)7-14(13)17/h3-7,10H,8-9H2,1-2H3,(H,20,21). The van der Waals surface area contributed by atoms with Gasteiger partial charge in [-0.2, -0.15) is 0 Å². The predicted octanol–water partition coefficient (Wildman–Crippen LogP) is 3.91. The zero-order valence-electron chi connectivity index (χ0n) is 13.2. The smallest absolute Gasteiger partial charge is 0.317 e. The van der Waals surface area contributed by atoms with Crippen LogP contribution in [0.4, 0.5) is 5.69 Å². The van der Waals surface area contributed by atoms with Crippen molar-refractivity contribution in [2.75, 3.05) is 6.54 Å². The van der Waals surface area contributed by atoms with Crippen molar-refractivity contribution in [3.8, 4) is 11.3 Å². The van der Waals surface area contributed by atoms with Crippen molar-refractivity contribution < 1.29 is 19.2 Å². The molecule has 0 radical (unpaired) electrons. The molecule has 1 N–H and O–H groups in total. The first-order valence-electron chi connectivity index (χ1n) is 7.26. The fourth-order valence-corrected chi connectivity index (χ4v) is 2.78. The maximum absolute atomic E-state index is 10.9. The molecule has 128 valence electrons. The van der Waals surface area contributed by atoms with E-state index in [0.717, 1.165) is 0 Å². The van der Waals surface area contributed by atoms with Crippen molar-refractivity contribution in [2.24, 2.45) is 0 Å². The largest absolute Gasteiger partial charge is 0.480 e. The third-order valence-corrected chi connectivity index (χ3v) is 4.17. The van der Waals surface area contributed by atoms with E-state index in [4.69, 9.17) is 9.52 Å². The molecular weight excluding hydrogens is 380 g/mol. The number of nitrogens with zero attached hydrogens (tertiary/aromatic N) is 2. The number of halogens is 1. The molecule has 1 aromatic carbocycles. The van der Waals surface area contributed by atoms with Gasteiger partial charge < -0.3 is 9.52 Å². The number of carboxylic acids is 1. The van der Waals surface area contributed by atoms with Crippen molar-refractivity contribution >= 4 is 27.6 Å². The van der Waals surface area contributed by atoms with E-state index in [-0.39, 0.29) is 18.3 Å². The van der Waals surface area contributed by atoms with Crippen LogP contribution in [-0.4, -0.2) is 33.5 Å². The monoisotopic (exact) mass is 396 g/mol. The zero-order valence-corrected chi connectivity index (χ0v) is 14.8. The number of furan rings is 1. The van der Waals surface area contributed by atoms with Crippen LogP contribution in [0.3, 0.4) is 0 Å². The van der Waals surface area contributed by atoms with Gasteiger partial charge >= 0.3 is 5.97 Å². The van der Waals surface area contributed by atoms with Crippen LogP contribution in [0.25, 0.3) is 11.3 Å². The van der Waals surface area contributed by atoms with E-state index in [2.05, 4.69) is 15.9 Å². The SMILES string of the molecule is CC(C)N(CC(=O)O)Cc1ccc(-c2ccc([N+](=O)[O-])cc2Br)o1. The maximum Gasteiger partial charge on any atom is 0.317 e. The van der Waals surface area contributed by atoms with E-state index in [1.165, 1.54) is 12.1 Å². The van der Waals surface area contributed by atoms with Crippen LogP contribution < -0.4 is 0 Å². The Bertz CT molecular complexity index is 757. The average molecular weight is 397 g/mol. The first-order valence-corrected chi connectivity index (χ1v) is 8.06. The molecule has 0 aliphatic carbocycles. The molecule has 0 saturated heterocycles. The summed E-state index contributed by atoms with van der Waals surface area (Å²) in [4.78, 5) is 23.0. The summed E-state index contributed by atoms with van der Waals surface area (Å²) in [6.07, 6.45) is 0. The van der Waals surface area contributed by atoms with Crippen molar-refractivity contribution in [2.45, 2.75) is 26.4 Å². The molecule has 1 heterocycles. The second kappa shape index (κ2) is 7.59. The van der Waals surface area contributed by atoms with Crippen LogP contribution in [0.2, 0.25) is 0 Å². The summed E-state index contributed by atoms with van der Waals surface area (Å²) in [5.74, 6) is 0.296. The van der Waals surface area contributed by atoms with E-state index < -0.39 is 10.9 Å². The summed E-state index contributed by atoms with van der Waals surface area (Å²) >= 11 is 3.32. The zero-order chi connectivity index (χ0) is 17.9. The van der Waals surface area contributed by atoms with Crippen LogP contribution in [-0.2, 0) is 11.3 Å². The summed E-state index contributed by atoms with van der Waals surface area (Å²) < 4.78 is 6.34. The Morgan fingerprint density at radius 3 is 2.62 bits per heavy atom. The van der Waals surface area contributed by atoms with Crippen molar-refractivity contribution in [3.05, 3.63) is 50.7 Å². The van der Waals surface area contributed by atoms with Crippen LogP contribution in [0.5, 0.6) is 0 Å². The first kappa shape index (κ1) is 18.2. The summed E-state index contributed by atoms with van der Waals surface area (Å²) in [5, 5.41) is 19.8. The third kappa shape index (κ3) is 4.42. The Morgan fingerprint density at radius 2 is 2.08 bits per heavy atom. The van der Waals surface area contributed by atoms with E-state index in [0.29, 0.717) is 28.1 Å². The van der Waals surface area contributed by atoms with Crippen molar-refractivity contribution in [1.82, 2.24) is 4.90 Å². The molecule has 1 aromatic heterocycles. The highest BCUT2D eigenvalue weighted by atomic mass is 79.9. The van der Waals surface area contributed by atoms with Gasteiger partial charge in [-0.15, -0.1) is 0 Å². The van der Waals surface area contributed by atoms with Crippen molar-refractivity contribution in [1.29, 1.82) is 0 Å². The second-order valence-corrected chi connectivity index (χ2v) is 6.43. The molecule has 2 rings (SSSR count). The van der Waals surface area contributed by atoms with Gasteiger partial charge in [0.15, 0.2) is 0 Å². The molecule has 0 atom stereocenters. The van der Waals surface area contributed by atoms with E-state index in [1.807, 2.05) is 13.8 Å². The molecule has 8 heteroatoms. The summed E-state index contributed by atoms with van der Waals surface area (Å²) in [6, 6.07) is 8.04. The number of hydrogen-bond donors (Lipinski definition) is 1. The molecule has 0 aliphatic heterocycles. The number of aliphatic carboxylic acids is 1. The number of hydrogen-bond acceptors (Lipinski definition) is 5. The number of carboxylic acid groups (broad SMARTS) is 1. The highest BCUT2D eigenvalue weighted by Crippen LogP contribution is 2.32. The fourth-order valence-electron chi connectivity index (χ4n) is 2.22. The van der Waals surface area contributed by atoms with Gasteiger partial charge in [0.25, 0.3) is 5.69 Å². The Kier molecular flexibility index (Phi) is 5.74.